The molecule has 0 N–H and O–H groups in total. The van der Waals surface area contributed by atoms with Crippen LogP contribution in [0.15, 0.2) is 30.6 Å². The number of alkyl halides is 2. The fraction of sp³-hybridized carbons (Fsp3) is 0.455. The Balaban J connectivity index is 1.41. The average molecular weight is 497 g/mol. The van der Waals surface area contributed by atoms with E-state index >= 15 is 0 Å². The summed E-state index contributed by atoms with van der Waals surface area (Å²) in [6.07, 6.45) is 1.99. The first-order valence-corrected chi connectivity index (χ1v) is 10.8. The monoisotopic (exact) mass is 496 g/mol. The molecule has 1 aromatic heterocycles. The van der Waals surface area contributed by atoms with Gasteiger partial charge in [-0.25, -0.2) is 14.6 Å². The maximum Gasteiger partial charge on any atom is 0.411 e. The molecular weight excluding hydrogens is 474 g/mol. The number of hydrogen-bond acceptors (Lipinski definition) is 7. The number of benzene rings is 1. The van der Waals surface area contributed by atoms with Crippen molar-refractivity contribution in [3.63, 3.8) is 0 Å². The molecule has 9 nitrogen and oxygen atoms in total. The highest BCUT2D eigenvalue weighted by Gasteiger charge is 2.55. The van der Waals surface area contributed by atoms with Crippen molar-refractivity contribution in [1.29, 1.82) is 0 Å². The molecule has 0 radical (unpaired) electrons. The van der Waals surface area contributed by atoms with E-state index in [0.29, 0.717) is 17.0 Å². The van der Waals surface area contributed by atoms with Gasteiger partial charge in [0.2, 0.25) is 0 Å². The first kappa shape index (κ1) is 23.9. The summed E-state index contributed by atoms with van der Waals surface area (Å²) in [7, 11) is 0. The van der Waals surface area contributed by atoms with Gasteiger partial charge in [0.25, 0.3) is 0 Å². The molecule has 1 aromatic carbocycles. The van der Waals surface area contributed by atoms with Gasteiger partial charge in [0.15, 0.2) is 5.60 Å². The van der Waals surface area contributed by atoms with Gasteiger partial charge in [-0.15, -0.1) is 0 Å². The third kappa shape index (κ3) is 5.30. The topological polar surface area (TPSA) is 94.1 Å². The van der Waals surface area contributed by atoms with E-state index in [2.05, 4.69) is 14.7 Å². The van der Waals surface area contributed by atoms with E-state index in [-0.39, 0.29) is 37.0 Å². The number of nitrogens with zero attached hydrogens (tertiary/aromatic N) is 4. The molecule has 2 aliphatic heterocycles. The van der Waals surface area contributed by atoms with Gasteiger partial charge >= 0.3 is 18.8 Å². The summed E-state index contributed by atoms with van der Waals surface area (Å²) in [5.41, 5.74) is -0.0482. The zero-order valence-electron chi connectivity index (χ0n) is 18.8. The molecule has 1 spiro atoms. The Morgan fingerprint density at radius 2 is 2.00 bits per heavy atom. The number of hydrogen-bond donors (Lipinski definition) is 0. The second kappa shape index (κ2) is 8.86. The fourth-order valence-electron chi connectivity index (χ4n) is 3.75. The Bertz CT molecular complexity index is 1100. The molecule has 2 aliphatic rings. The van der Waals surface area contributed by atoms with Crippen molar-refractivity contribution < 1.29 is 32.6 Å². The third-order valence-corrected chi connectivity index (χ3v) is 5.44. The van der Waals surface area contributed by atoms with Crippen molar-refractivity contribution in [3.05, 3.63) is 41.3 Å². The molecule has 12 heteroatoms. The van der Waals surface area contributed by atoms with Gasteiger partial charge in [-0.05, 0) is 32.9 Å². The van der Waals surface area contributed by atoms with Gasteiger partial charge in [0.05, 0.1) is 55.0 Å². The van der Waals surface area contributed by atoms with Crippen LogP contribution in [0.4, 0.5) is 18.4 Å². The molecule has 2 aromatic rings. The summed E-state index contributed by atoms with van der Waals surface area (Å²) in [5, 5.41) is 0.0409. The van der Waals surface area contributed by atoms with E-state index < -0.39 is 30.0 Å². The summed E-state index contributed by atoms with van der Waals surface area (Å²) in [6.45, 7) is 3.22. The van der Waals surface area contributed by atoms with Crippen molar-refractivity contribution in [3.8, 4) is 17.0 Å². The lowest BCUT2D eigenvalue weighted by Gasteiger charge is -2.45. The van der Waals surface area contributed by atoms with Gasteiger partial charge in [0, 0.05) is 5.56 Å². The van der Waals surface area contributed by atoms with Crippen LogP contribution in [0.5, 0.6) is 5.75 Å². The Labute approximate surface area is 199 Å². The first-order valence-electron chi connectivity index (χ1n) is 10.4. The predicted octanol–water partition coefficient (Wildman–Crippen LogP) is 4.34. The highest BCUT2D eigenvalue weighted by Crippen LogP contribution is 2.34. The van der Waals surface area contributed by atoms with E-state index in [1.807, 2.05) is 0 Å². The average Bonchev–Trinajstić information content (AvgIpc) is 3.03. The van der Waals surface area contributed by atoms with Gasteiger partial charge < -0.3 is 14.2 Å². The lowest BCUT2D eigenvalue weighted by molar-refractivity contribution is -0.0788. The summed E-state index contributed by atoms with van der Waals surface area (Å²) in [6, 6.07) is 4.38. The zero-order chi connectivity index (χ0) is 24.7. The van der Waals surface area contributed by atoms with E-state index in [1.165, 1.54) is 34.3 Å². The Morgan fingerprint density at radius 1 is 1.26 bits per heavy atom. The summed E-state index contributed by atoms with van der Waals surface area (Å²) in [5.74, 6) is -0.175. The molecule has 0 unspecified atom stereocenters. The molecule has 0 aliphatic carbocycles. The van der Waals surface area contributed by atoms with Crippen LogP contribution in [0, 0.1) is 0 Å². The molecule has 2 fully saturated rings. The van der Waals surface area contributed by atoms with E-state index in [4.69, 9.17) is 21.1 Å². The molecule has 0 bridgehead atoms. The van der Waals surface area contributed by atoms with Crippen LogP contribution in [-0.4, -0.2) is 69.4 Å². The Hall–Kier alpha value is -3.21. The minimum atomic E-state index is -3.02. The SMILES string of the molecule is CC(C)(C)OC(=O)N1CC2(C1)CN(Cc1cncc(-c3ccc(Cl)c(OC(F)F)c3)n1)C(=O)O2. The van der Waals surface area contributed by atoms with Crippen LogP contribution in [0.3, 0.4) is 0 Å². The van der Waals surface area contributed by atoms with Crippen LogP contribution in [0.1, 0.15) is 26.5 Å². The molecule has 0 saturated carbocycles. The zero-order valence-corrected chi connectivity index (χ0v) is 19.5. The maximum absolute atomic E-state index is 12.6. The number of likely N-dealkylation sites (tertiary alicyclic amines) is 1. The smallest absolute Gasteiger partial charge is 0.411 e. The highest BCUT2D eigenvalue weighted by atomic mass is 35.5. The molecule has 0 atom stereocenters. The van der Waals surface area contributed by atoms with Crippen molar-refractivity contribution in [2.75, 3.05) is 19.6 Å². The van der Waals surface area contributed by atoms with Gasteiger partial charge in [0.1, 0.15) is 11.4 Å². The summed E-state index contributed by atoms with van der Waals surface area (Å²) < 4.78 is 40.5. The van der Waals surface area contributed by atoms with Gasteiger partial charge in [-0.2, -0.15) is 8.78 Å². The first-order chi connectivity index (χ1) is 15.9. The molecule has 2 saturated heterocycles. The predicted molar refractivity (Wildman–Crippen MR) is 117 cm³/mol. The minimum absolute atomic E-state index is 0.0409. The lowest BCUT2D eigenvalue weighted by atomic mass is 9.94. The number of amides is 2. The third-order valence-electron chi connectivity index (χ3n) is 5.13. The minimum Gasteiger partial charge on any atom is -0.444 e. The number of aromatic nitrogens is 2. The van der Waals surface area contributed by atoms with Gasteiger partial charge in [-0.1, -0.05) is 17.7 Å². The van der Waals surface area contributed by atoms with Crippen molar-refractivity contribution >= 4 is 23.8 Å². The largest absolute Gasteiger partial charge is 0.444 e. The highest BCUT2D eigenvalue weighted by molar-refractivity contribution is 6.32. The normalized spacial score (nSPS) is 17.1. The maximum atomic E-state index is 12.6. The second-order valence-electron chi connectivity index (χ2n) is 9.16. The van der Waals surface area contributed by atoms with Crippen LogP contribution in [-0.2, 0) is 16.0 Å². The number of carbonyl (C=O) groups is 2. The number of halogens is 3. The molecule has 3 heterocycles. The molecule has 4 rings (SSSR count). The van der Waals surface area contributed by atoms with Gasteiger partial charge in [-0.3, -0.25) is 14.8 Å². The summed E-state index contributed by atoms with van der Waals surface area (Å²) >= 11 is 5.91. The quantitative estimate of drug-likeness (QED) is 0.607. The van der Waals surface area contributed by atoms with E-state index in [1.54, 1.807) is 26.8 Å². The van der Waals surface area contributed by atoms with E-state index in [9.17, 15) is 18.4 Å². The summed E-state index contributed by atoms with van der Waals surface area (Å²) in [4.78, 5) is 36.2. The standard InChI is InChI=1S/C22H23ClF2N4O5/c1-21(2,3)33-20(31)29-11-22(12-29)10-28(19(30)34-22)9-14-7-26-8-16(27-14)13-4-5-15(23)17(6-13)32-18(24)25/h4-8,18H,9-12H2,1-3H3. The fourth-order valence-corrected chi connectivity index (χ4v) is 3.91. The van der Waals surface area contributed by atoms with Crippen molar-refractivity contribution in [2.24, 2.45) is 0 Å². The van der Waals surface area contributed by atoms with Crippen molar-refractivity contribution in [2.45, 2.75) is 45.1 Å². The molecule has 182 valence electrons. The number of carbonyl (C=O) groups excluding carboxylic acids is 2. The van der Waals surface area contributed by atoms with Crippen LogP contribution < -0.4 is 4.74 Å². The van der Waals surface area contributed by atoms with E-state index in [0.717, 1.165) is 0 Å². The Morgan fingerprint density at radius 3 is 2.68 bits per heavy atom. The van der Waals surface area contributed by atoms with Crippen LogP contribution >= 0.6 is 11.6 Å². The lowest BCUT2D eigenvalue weighted by Crippen LogP contribution is -2.65. The van der Waals surface area contributed by atoms with Crippen LogP contribution in [0.2, 0.25) is 5.02 Å². The molecular formula is C22H23ClF2N4O5. The number of rotatable bonds is 5. The van der Waals surface area contributed by atoms with Crippen LogP contribution in [0.25, 0.3) is 11.3 Å². The molecule has 34 heavy (non-hydrogen) atoms. The number of ether oxygens (including phenoxy) is 3. The van der Waals surface area contributed by atoms with Crippen molar-refractivity contribution in [1.82, 2.24) is 19.8 Å². The molecule has 2 amide bonds. The Kier molecular flexibility index (Phi) is 6.24. The second-order valence-corrected chi connectivity index (χ2v) is 9.57.